The molecular weight excluding hydrogens is 765 g/mol. The van der Waals surface area contributed by atoms with Crippen molar-refractivity contribution in [2.45, 2.75) is 334 Å². The summed E-state index contributed by atoms with van der Waals surface area (Å²) in [5, 5.41) is 0. The van der Waals surface area contributed by atoms with E-state index in [0.717, 1.165) is 44.1 Å². The van der Waals surface area contributed by atoms with E-state index in [0.29, 0.717) is 4.90 Å². The van der Waals surface area contributed by atoms with Crippen molar-refractivity contribution < 1.29 is 12.6 Å². The zero-order valence-electron chi connectivity index (χ0n) is 42.0. The molecule has 0 saturated carbocycles. The minimum absolute atomic E-state index is 0.320. The molecule has 1 aromatic rings. The van der Waals surface area contributed by atoms with Crippen LogP contribution in [0.5, 0.6) is 0 Å². The average Bonchev–Trinajstić information content (AvgIpc) is 3.25. The zero-order chi connectivity index (χ0) is 44.2. The summed E-state index contributed by atoms with van der Waals surface area (Å²) in [6.45, 7) is 8.91. The van der Waals surface area contributed by atoms with Gasteiger partial charge >= 0.3 is 0 Å². The van der Waals surface area contributed by atoms with Crippen molar-refractivity contribution in [3.63, 3.8) is 0 Å². The Morgan fingerprint density at radius 1 is 0.328 bits per heavy atom. The van der Waals surface area contributed by atoms with E-state index >= 15 is 0 Å². The van der Waals surface area contributed by atoms with Gasteiger partial charge in [-0.05, 0) is 38.3 Å². The van der Waals surface area contributed by atoms with Gasteiger partial charge in [0.1, 0.15) is 0 Å². The van der Waals surface area contributed by atoms with E-state index in [1.54, 1.807) is 12.1 Å². The lowest BCUT2D eigenvalue weighted by molar-refractivity contribution is 0.0401. The first-order valence-corrected chi connectivity index (χ1v) is 29.3. The monoisotopic (exact) mass is 873 g/mol. The standard InChI is InChI=1S/C57H108O3S/c1-5-8-11-14-17-20-23-26-29-32-35-38-41-44-47-54-57(60-61(58,59)56-50-48-55(4)49-51-56,52-45-42-39-36-33-30-27-24-21-18-15-12-9-6-2)53-46-43-40-37-34-31-28-25-22-19-16-13-10-7-3/h48-51H,5-47,52-54H2,1-4H3. The number of hydrogen-bond donors (Lipinski definition) is 0. The Labute approximate surface area is 384 Å². The van der Waals surface area contributed by atoms with Crippen molar-refractivity contribution in [2.24, 2.45) is 0 Å². The number of hydrogen-bond acceptors (Lipinski definition) is 3. The maximum Gasteiger partial charge on any atom is 0.297 e. The number of rotatable bonds is 49. The summed E-state index contributed by atoms with van der Waals surface area (Å²) in [4.78, 5) is 0.320. The molecule has 0 amide bonds. The van der Waals surface area contributed by atoms with Crippen LogP contribution in [0.25, 0.3) is 0 Å². The van der Waals surface area contributed by atoms with Gasteiger partial charge in [-0.2, -0.15) is 8.42 Å². The van der Waals surface area contributed by atoms with Crippen LogP contribution in [0.4, 0.5) is 0 Å². The fourth-order valence-electron chi connectivity index (χ4n) is 9.59. The van der Waals surface area contributed by atoms with Crippen LogP contribution in [-0.4, -0.2) is 14.0 Å². The van der Waals surface area contributed by atoms with E-state index in [1.807, 2.05) is 19.1 Å². The lowest BCUT2D eigenvalue weighted by Gasteiger charge is -2.34. The van der Waals surface area contributed by atoms with Crippen molar-refractivity contribution in [1.82, 2.24) is 0 Å². The van der Waals surface area contributed by atoms with E-state index in [9.17, 15) is 8.42 Å². The SMILES string of the molecule is CCCCCCCCCCCCCCCCCC(CCCCCCCCCCCCCCCC)(CCCCCCCCCCCCCCCC)OS(=O)(=O)c1ccc(C)cc1. The third kappa shape index (κ3) is 36.1. The van der Waals surface area contributed by atoms with Gasteiger partial charge in [0.15, 0.2) is 0 Å². The van der Waals surface area contributed by atoms with Gasteiger partial charge in [-0.25, -0.2) is 0 Å². The summed E-state index contributed by atoms with van der Waals surface area (Å²) >= 11 is 0. The molecule has 3 nitrogen and oxygen atoms in total. The van der Waals surface area contributed by atoms with Gasteiger partial charge in [0.25, 0.3) is 10.1 Å². The summed E-state index contributed by atoms with van der Waals surface area (Å²) in [5.74, 6) is 0. The van der Waals surface area contributed by atoms with Crippen LogP contribution < -0.4 is 0 Å². The maximum atomic E-state index is 14.0. The van der Waals surface area contributed by atoms with Crippen LogP contribution in [0.15, 0.2) is 29.2 Å². The fraction of sp³-hybridized carbons (Fsp3) is 0.895. The van der Waals surface area contributed by atoms with Gasteiger partial charge in [-0.3, -0.25) is 4.18 Å². The van der Waals surface area contributed by atoms with Crippen LogP contribution in [0.2, 0.25) is 0 Å². The van der Waals surface area contributed by atoms with Crippen molar-refractivity contribution in [2.75, 3.05) is 0 Å². The first-order chi connectivity index (χ1) is 29.9. The third-order valence-electron chi connectivity index (χ3n) is 13.8. The highest BCUT2D eigenvalue weighted by Crippen LogP contribution is 2.36. The molecular formula is C57H108O3S. The largest absolute Gasteiger partial charge is 0.297 e. The molecule has 0 spiro atoms. The van der Waals surface area contributed by atoms with E-state index in [-0.39, 0.29) is 0 Å². The Morgan fingerprint density at radius 3 is 0.738 bits per heavy atom. The molecule has 0 radical (unpaired) electrons. The average molecular weight is 874 g/mol. The predicted octanol–water partition coefficient (Wildman–Crippen LogP) is 20.4. The van der Waals surface area contributed by atoms with Gasteiger partial charge in [-0.15, -0.1) is 0 Å². The molecule has 0 N–H and O–H groups in total. The molecule has 0 saturated heterocycles. The Kier molecular flexibility index (Phi) is 41.0. The second kappa shape index (κ2) is 43.0. The summed E-state index contributed by atoms with van der Waals surface area (Å²) in [7, 11) is -3.84. The van der Waals surface area contributed by atoms with Gasteiger partial charge in [-0.1, -0.05) is 315 Å². The molecule has 0 unspecified atom stereocenters. The first kappa shape index (κ1) is 58.1. The van der Waals surface area contributed by atoms with Gasteiger partial charge < -0.3 is 0 Å². The third-order valence-corrected chi connectivity index (χ3v) is 15.2. The van der Waals surface area contributed by atoms with Crippen LogP contribution in [0.3, 0.4) is 0 Å². The van der Waals surface area contributed by atoms with Crippen LogP contribution >= 0.6 is 0 Å². The number of aryl methyl sites for hydroxylation is 1. The molecule has 1 rings (SSSR count). The lowest BCUT2D eigenvalue weighted by atomic mass is 9.85. The zero-order valence-corrected chi connectivity index (χ0v) is 42.8. The Morgan fingerprint density at radius 2 is 0.525 bits per heavy atom. The Balaban J connectivity index is 2.69. The van der Waals surface area contributed by atoms with Crippen LogP contribution in [0, 0.1) is 6.92 Å². The molecule has 0 aliphatic rings. The molecule has 4 heteroatoms. The molecule has 0 atom stereocenters. The quantitative estimate of drug-likeness (QED) is 0.0484. The molecule has 0 bridgehead atoms. The van der Waals surface area contributed by atoms with Gasteiger partial charge in [0.2, 0.25) is 0 Å². The minimum Gasteiger partial charge on any atom is -0.260 e. The molecule has 0 aliphatic heterocycles. The first-order valence-electron chi connectivity index (χ1n) is 27.9. The van der Waals surface area contributed by atoms with Crippen molar-refractivity contribution in [3.05, 3.63) is 29.8 Å². The van der Waals surface area contributed by atoms with Crippen LogP contribution in [0.1, 0.15) is 322 Å². The molecule has 0 aromatic heterocycles. The smallest absolute Gasteiger partial charge is 0.260 e. The molecule has 360 valence electrons. The molecule has 61 heavy (non-hydrogen) atoms. The summed E-state index contributed by atoms with van der Waals surface area (Å²) < 4.78 is 34.6. The highest BCUT2D eigenvalue weighted by molar-refractivity contribution is 7.86. The molecule has 1 aromatic carbocycles. The van der Waals surface area contributed by atoms with Gasteiger partial charge in [0.05, 0.1) is 10.5 Å². The van der Waals surface area contributed by atoms with Gasteiger partial charge in [0, 0.05) is 0 Å². The lowest BCUT2D eigenvalue weighted by Crippen LogP contribution is -2.35. The molecule has 0 heterocycles. The van der Waals surface area contributed by atoms with E-state index in [1.165, 1.54) is 257 Å². The summed E-state index contributed by atoms with van der Waals surface area (Å²) in [5.41, 5.74) is 0.488. The Bertz CT molecular complexity index is 1100. The van der Waals surface area contributed by atoms with E-state index in [2.05, 4.69) is 20.8 Å². The number of benzene rings is 1. The second-order valence-corrected chi connectivity index (χ2v) is 21.5. The predicted molar refractivity (Wildman–Crippen MR) is 272 cm³/mol. The van der Waals surface area contributed by atoms with Crippen molar-refractivity contribution in [1.29, 1.82) is 0 Å². The highest BCUT2D eigenvalue weighted by Gasteiger charge is 2.36. The fourth-order valence-corrected chi connectivity index (χ4v) is 10.9. The second-order valence-electron chi connectivity index (χ2n) is 19.9. The van der Waals surface area contributed by atoms with Crippen molar-refractivity contribution in [3.8, 4) is 0 Å². The topological polar surface area (TPSA) is 43.4 Å². The highest BCUT2D eigenvalue weighted by atomic mass is 32.2. The van der Waals surface area contributed by atoms with E-state index < -0.39 is 15.7 Å². The van der Waals surface area contributed by atoms with Crippen molar-refractivity contribution >= 4 is 10.1 Å². The normalized spacial score (nSPS) is 12.2. The number of unbranched alkanes of at least 4 members (excludes halogenated alkanes) is 40. The molecule has 0 fully saturated rings. The summed E-state index contributed by atoms with van der Waals surface area (Å²) in [6.07, 6.45) is 60.2. The van der Waals surface area contributed by atoms with Crippen LogP contribution in [-0.2, 0) is 14.3 Å². The Hall–Kier alpha value is -0.870. The van der Waals surface area contributed by atoms with E-state index in [4.69, 9.17) is 4.18 Å². The molecule has 0 aliphatic carbocycles. The maximum absolute atomic E-state index is 14.0. The summed E-state index contributed by atoms with van der Waals surface area (Å²) in [6, 6.07) is 7.32. The minimum atomic E-state index is -3.84.